The predicted octanol–water partition coefficient (Wildman–Crippen LogP) is 0.130. The van der Waals surface area contributed by atoms with E-state index in [0.29, 0.717) is 5.56 Å². The molecule has 0 saturated carbocycles. The van der Waals surface area contributed by atoms with Gasteiger partial charge in [0.25, 0.3) is 5.91 Å². The summed E-state index contributed by atoms with van der Waals surface area (Å²) in [5.74, 6) is 5.40. The number of primary amides is 1. The van der Waals surface area contributed by atoms with Gasteiger partial charge in [0.15, 0.2) is 0 Å². The molecule has 0 bridgehead atoms. The molecular weight excluding hydrogens is 258 g/mol. The molecule has 0 atom stereocenters. The van der Waals surface area contributed by atoms with Gasteiger partial charge in [0.1, 0.15) is 6.61 Å². The van der Waals surface area contributed by atoms with E-state index in [0.717, 1.165) is 11.1 Å². The quantitative estimate of drug-likeness (QED) is 0.536. The van der Waals surface area contributed by atoms with Crippen LogP contribution in [0.15, 0.2) is 18.2 Å². The average molecular weight is 275 g/mol. The maximum Gasteiger partial charge on any atom is 0.404 e. The number of ether oxygens (including phenoxy) is 1. The van der Waals surface area contributed by atoms with E-state index in [9.17, 15) is 9.59 Å². The van der Waals surface area contributed by atoms with Crippen LogP contribution in [-0.2, 0) is 4.74 Å². The average Bonchev–Trinajstić information content (AvgIpc) is 2.42. The Hall–Kier alpha value is -2.52. The second-order valence-electron chi connectivity index (χ2n) is 3.91. The van der Waals surface area contributed by atoms with E-state index < -0.39 is 6.09 Å². The monoisotopic (exact) mass is 275 g/mol. The molecular formula is C14H17N3O3. The molecule has 0 radical (unpaired) electrons. The van der Waals surface area contributed by atoms with Crippen LogP contribution in [0.1, 0.15) is 21.5 Å². The van der Waals surface area contributed by atoms with Crippen molar-refractivity contribution in [2.24, 2.45) is 11.5 Å². The van der Waals surface area contributed by atoms with E-state index >= 15 is 0 Å². The minimum Gasteiger partial charge on any atom is -0.448 e. The summed E-state index contributed by atoms with van der Waals surface area (Å²) in [5, 5.41) is 2.63. The third kappa shape index (κ3) is 4.63. The van der Waals surface area contributed by atoms with Crippen molar-refractivity contribution in [3.8, 4) is 11.8 Å². The second kappa shape index (κ2) is 7.81. The fraction of sp³-hybridized carbons (Fsp3) is 0.286. The number of rotatable bonds is 4. The van der Waals surface area contributed by atoms with Gasteiger partial charge in [0.2, 0.25) is 0 Å². The van der Waals surface area contributed by atoms with Crippen molar-refractivity contribution >= 4 is 12.0 Å². The summed E-state index contributed by atoms with van der Waals surface area (Å²) in [6, 6.07) is 5.28. The van der Waals surface area contributed by atoms with Gasteiger partial charge in [-0.3, -0.25) is 4.79 Å². The molecule has 1 aromatic carbocycles. The number of hydrogen-bond donors (Lipinski definition) is 3. The normalized spacial score (nSPS) is 9.30. The van der Waals surface area contributed by atoms with Crippen LogP contribution in [0.4, 0.5) is 4.79 Å². The van der Waals surface area contributed by atoms with E-state index in [1.165, 1.54) is 0 Å². The maximum atomic E-state index is 12.0. The number of carbonyl (C=O) groups excluding carboxylic acids is 2. The fourth-order valence-corrected chi connectivity index (χ4v) is 1.57. The van der Waals surface area contributed by atoms with Crippen molar-refractivity contribution in [1.29, 1.82) is 0 Å². The predicted molar refractivity (Wildman–Crippen MR) is 75.0 cm³/mol. The Balaban J connectivity index is 2.71. The standard InChI is InChI=1S/C14H17N3O3/c1-10-11(5-3-7-15)4-2-6-12(10)13(18)17-8-9-20-14(16)19/h2,4,6H,7-9,15H2,1H3,(H2,16,19)(H,17,18). The second-order valence-corrected chi connectivity index (χ2v) is 3.91. The molecule has 2 amide bonds. The molecule has 106 valence electrons. The van der Waals surface area contributed by atoms with Crippen molar-refractivity contribution in [3.05, 3.63) is 34.9 Å². The Kier molecular flexibility index (Phi) is 6.07. The molecule has 0 aliphatic heterocycles. The highest BCUT2D eigenvalue weighted by Crippen LogP contribution is 2.12. The highest BCUT2D eigenvalue weighted by atomic mass is 16.5. The Bertz CT molecular complexity index is 559. The van der Waals surface area contributed by atoms with Crippen LogP contribution in [0, 0.1) is 18.8 Å². The van der Waals surface area contributed by atoms with E-state index in [4.69, 9.17) is 11.5 Å². The van der Waals surface area contributed by atoms with Crippen LogP contribution >= 0.6 is 0 Å². The lowest BCUT2D eigenvalue weighted by Gasteiger charge is -2.09. The number of nitrogens with one attached hydrogen (secondary N) is 1. The Morgan fingerprint density at radius 1 is 1.40 bits per heavy atom. The zero-order chi connectivity index (χ0) is 15.0. The van der Waals surface area contributed by atoms with Gasteiger partial charge in [-0.05, 0) is 24.6 Å². The summed E-state index contributed by atoms with van der Waals surface area (Å²) < 4.78 is 4.52. The first-order valence-corrected chi connectivity index (χ1v) is 6.05. The fourth-order valence-electron chi connectivity index (χ4n) is 1.57. The van der Waals surface area contributed by atoms with Crippen LogP contribution in [0.2, 0.25) is 0 Å². The van der Waals surface area contributed by atoms with Gasteiger partial charge in [-0.2, -0.15) is 0 Å². The molecule has 0 aromatic heterocycles. The van der Waals surface area contributed by atoms with Crippen molar-refractivity contribution in [2.75, 3.05) is 19.7 Å². The molecule has 20 heavy (non-hydrogen) atoms. The Morgan fingerprint density at radius 3 is 2.80 bits per heavy atom. The van der Waals surface area contributed by atoms with Gasteiger partial charge >= 0.3 is 6.09 Å². The number of nitrogens with two attached hydrogens (primary N) is 2. The van der Waals surface area contributed by atoms with Crippen molar-refractivity contribution < 1.29 is 14.3 Å². The number of hydrogen-bond acceptors (Lipinski definition) is 4. The summed E-state index contributed by atoms with van der Waals surface area (Å²) in [5.41, 5.74) is 12.2. The minimum atomic E-state index is -0.866. The van der Waals surface area contributed by atoms with E-state index in [2.05, 4.69) is 21.9 Å². The van der Waals surface area contributed by atoms with Crippen LogP contribution in [0.3, 0.4) is 0 Å². The molecule has 6 heteroatoms. The van der Waals surface area contributed by atoms with Crippen molar-refractivity contribution in [3.63, 3.8) is 0 Å². The molecule has 1 rings (SSSR count). The summed E-state index contributed by atoms with van der Waals surface area (Å²) in [6.07, 6.45) is -0.866. The van der Waals surface area contributed by atoms with Crippen molar-refractivity contribution in [1.82, 2.24) is 5.32 Å². The summed E-state index contributed by atoms with van der Waals surface area (Å²) in [7, 11) is 0. The largest absolute Gasteiger partial charge is 0.448 e. The zero-order valence-electron chi connectivity index (χ0n) is 11.2. The first-order valence-electron chi connectivity index (χ1n) is 6.05. The third-order valence-corrected chi connectivity index (χ3v) is 2.54. The molecule has 0 heterocycles. The molecule has 6 nitrogen and oxygen atoms in total. The lowest BCUT2D eigenvalue weighted by molar-refractivity contribution is 0.0936. The Morgan fingerprint density at radius 2 is 2.15 bits per heavy atom. The minimum absolute atomic E-state index is 0.0345. The molecule has 0 spiro atoms. The number of carbonyl (C=O) groups is 2. The van der Waals surface area contributed by atoms with E-state index in [-0.39, 0.29) is 25.6 Å². The van der Waals surface area contributed by atoms with Gasteiger partial charge in [0.05, 0.1) is 13.1 Å². The van der Waals surface area contributed by atoms with Crippen LogP contribution in [-0.4, -0.2) is 31.7 Å². The van der Waals surface area contributed by atoms with Gasteiger partial charge in [0, 0.05) is 11.1 Å². The number of amides is 2. The SMILES string of the molecule is Cc1c(C#CCN)cccc1C(=O)NCCOC(N)=O. The van der Waals surface area contributed by atoms with Crippen LogP contribution < -0.4 is 16.8 Å². The lowest BCUT2D eigenvalue weighted by Crippen LogP contribution is -2.29. The molecule has 0 aliphatic rings. The van der Waals surface area contributed by atoms with Crippen LogP contribution in [0.25, 0.3) is 0 Å². The number of benzene rings is 1. The molecule has 5 N–H and O–H groups in total. The molecule has 0 fully saturated rings. The maximum absolute atomic E-state index is 12.0. The molecule has 0 unspecified atom stereocenters. The molecule has 1 aromatic rings. The zero-order valence-corrected chi connectivity index (χ0v) is 11.2. The molecule has 0 saturated heterocycles. The highest BCUT2D eigenvalue weighted by Gasteiger charge is 2.10. The summed E-state index contributed by atoms with van der Waals surface area (Å²) in [6.45, 7) is 2.31. The first kappa shape index (κ1) is 15.5. The topological polar surface area (TPSA) is 107 Å². The van der Waals surface area contributed by atoms with Crippen molar-refractivity contribution in [2.45, 2.75) is 6.92 Å². The van der Waals surface area contributed by atoms with Gasteiger partial charge < -0.3 is 21.5 Å². The van der Waals surface area contributed by atoms with Gasteiger partial charge in [-0.1, -0.05) is 17.9 Å². The van der Waals surface area contributed by atoms with Gasteiger partial charge in [-0.25, -0.2) is 4.79 Å². The Labute approximate surface area is 117 Å². The van der Waals surface area contributed by atoms with E-state index in [1.54, 1.807) is 12.1 Å². The smallest absolute Gasteiger partial charge is 0.404 e. The molecule has 0 aliphatic carbocycles. The van der Waals surface area contributed by atoms with Crippen LogP contribution in [0.5, 0.6) is 0 Å². The summed E-state index contributed by atoms with van der Waals surface area (Å²) in [4.78, 5) is 22.4. The lowest BCUT2D eigenvalue weighted by atomic mass is 10.0. The first-order chi connectivity index (χ1) is 9.56. The summed E-state index contributed by atoms with van der Waals surface area (Å²) >= 11 is 0. The van der Waals surface area contributed by atoms with E-state index in [1.807, 2.05) is 13.0 Å². The van der Waals surface area contributed by atoms with Gasteiger partial charge in [-0.15, -0.1) is 0 Å². The highest BCUT2D eigenvalue weighted by molar-refractivity contribution is 5.96. The third-order valence-electron chi connectivity index (χ3n) is 2.54.